The number of nitrogens with one attached hydrogen (secondary N) is 1. The van der Waals surface area contributed by atoms with E-state index >= 15 is 0 Å². The third-order valence-corrected chi connectivity index (χ3v) is 5.98. The molecule has 0 unspecified atom stereocenters. The van der Waals surface area contributed by atoms with Gasteiger partial charge in [-0.1, -0.05) is 35.9 Å². The molecule has 34 heavy (non-hydrogen) atoms. The van der Waals surface area contributed by atoms with E-state index in [0.717, 1.165) is 11.1 Å². The van der Waals surface area contributed by atoms with Crippen LogP contribution in [0.25, 0.3) is 6.08 Å². The number of carbonyl (C=O) groups is 1. The van der Waals surface area contributed by atoms with E-state index in [0.29, 0.717) is 11.3 Å². The quantitative estimate of drug-likeness (QED) is 0.278. The van der Waals surface area contributed by atoms with Gasteiger partial charge in [-0.25, -0.2) is 0 Å². The minimum absolute atomic E-state index is 0.00212. The molecule has 0 radical (unpaired) electrons. The van der Waals surface area contributed by atoms with E-state index in [2.05, 4.69) is 5.32 Å². The van der Waals surface area contributed by atoms with Gasteiger partial charge in [0.15, 0.2) is 11.5 Å². The molecule has 0 aliphatic carbocycles. The van der Waals surface area contributed by atoms with Gasteiger partial charge >= 0.3 is 10.1 Å². The number of anilines is 1. The molecule has 0 bridgehead atoms. The molecule has 3 rings (SSSR count). The van der Waals surface area contributed by atoms with Crippen molar-refractivity contribution < 1.29 is 22.1 Å². The normalized spacial score (nSPS) is 11.4. The molecule has 0 saturated carbocycles. The van der Waals surface area contributed by atoms with E-state index < -0.39 is 16.0 Å². The molecule has 1 N–H and O–H groups in total. The van der Waals surface area contributed by atoms with Gasteiger partial charge in [-0.2, -0.15) is 13.7 Å². The lowest BCUT2D eigenvalue weighted by atomic mass is 10.1. The molecule has 7 nitrogen and oxygen atoms in total. The lowest BCUT2D eigenvalue weighted by Gasteiger charge is -2.13. The van der Waals surface area contributed by atoms with Crippen molar-refractivity contribution in [3.05, 3.63) is 89.0 Å². The third-order valence-electron chi connectivity index (χ3n) is 4.73. The molecule has 3 aromatic rings. The summed E-state index contributed by atoms with van der Waals surface area (Å²) in [5.41, 5.74) is 2.82. The highest BCUT2D eigenvalue weighted by molar-refractivity contribution is 7.87. The first-order valence-corrected chi connectivity index (χ1v) is 11.9. The number of hydrogen-bond donors (Lipinski definition) is 1. The standard InChI is InChI=1S/C26H24N2O5S/c1-4-32-25-16-20(15-21(17-27)26(29)28-22-7-5-6-19(3)14-22)10-13-24(25)33-34(30,31)23-11-8-18(2)9-12-23/h5-16H,4H2,1-3H3,(H,28,29)/b21-15+. The molecule has 0 heterocycles. The number of nitrogens with zero attached hydrogens (tertiary/aromatic N) is 1. The molecule has 0 aliphatic rings. The molecular weight excluding hydrogens is 452 g/mol. The van der Waals surface area contributed by atoms with Gasteiger partial charge in [0.1, 0.15) is 16.5 Å². The van der Waals surface area contributed by atoms with Gasteiger partial charge in [-0.05, 0) is 74.4 Å². The van der Waals surface area contributed by atoms with Crippen LogP contribution in [-0.4, -0.2) is 20.9 Å². The average Bonchev–Trinajstić information content (AvgIpc) is 2.79. The Bertz CT molecular complexity index is 1370. The molecular formula is C26H24N2O5S. The van der Waals surface area contributed by atoms with E-state index in [-0.39, 0.29) is 28.6 Å². The number of rotatable bonds is 8. The number of ether oxygens (including phenoxy) is 1. The van der Waals surface area contributed by atoms with Crippen LogP contribution in [0.3, 0.4) is 0 Å². The van der Waals surface area contributed by atoms with Crippen LogP contribution >= 0.6 is 0 Å². The van der Waals surface area contributed by atoms with Crippen molar-refractivity contribution in [2.75, 3.05) is 11.9 Å². The van der Waals surface area contributed by atoms with Crippen LogP contribution in [0.1, 0.15) is 23.6 Å². The second-order valence-corrected chi connectivity index (χ2v) is 9.03. The zero-order valence-electron chi connectivity index (χ0n) is 19.0. The number of carbonyl (C=O) groups excluding carboxylic acids is 1. The first kappa shape index (κ1) is 24.6. The maximum absolute atomic E-state index is 12.7. The zero-order valence-corrected chi connectivity index (χ0v) is 19.8. The van der Waals surface area contributed by atoms with E-state index in [1.807, 2.05) is 26.0 Å². The molecule has 0 spiro atoms. The first-order chi connectivity index (χ1) is 16.2. The van der Waals surface area contributed by atoms with Gasteiger partial charge in [0.2, 0.25) is 0 Å². The van der Waals surface area contributed by atoms with Crippen molar-refractivity contribution in [1.82, 2.24) is 0 Å². The summed E-state index contributed by atoms with van der Waals surface area (Å²) in [4.78, 5) is 12.6. The molecule has 174 valence electrons. The Morgan fingerprint density at radius 1 is 1.00 bits per heavy atom. The minimum atomic E-state index is -4.07. The number of benzene rings is 3. The largest absolute Gasteiger partial charge is 0.490 e. The lowest BCUT2D eigenvalue weighted by Crippen LogP contribution is -2.13. The average molecular weight is 477 g/mol. The summed E-state index contributed by atoms with van der Waals surface area (Å²) < 4.78 is 36.2. The van der Waals surface area contributed by atoms with Crippen molar-refractivity contribution in [3.63, 3.8) is 0 Å². The van der Waals surface area contributed by atoms with Crippen LogP contribution in [0.15, 0.2) is 77.2 Å². The maximum Gasteiger partial charge on any atom is 0.339 e. The van der Waals surface area contributed by atoms with Crippen molar-refractivity contribution >= 4 is 27.8 Å². The summed E-state index contributed by atoms with van der Waals surface area (Å²) in [5.74, 6) is -0.390. The van der Waals surface area contributed by atoms with Crippen molar-refractivity contribution in [2.45, 2.75) is 25.7 Å². The molecule has 0 aromatic heterocycles. The second kappa shape index (κ2) is 10.7. The van der Waals surface area contributed by atoms with E-state index in [9.17, 15) is 18.5 Å². The SMILES string of the molecule is CCOc1cc(/C=C(\C#N)C(=O)Nc2cccc(C)c2)ccc1OS(=O)(=O)c1ccc(C)cc1. The highest BCUT2D eigenvalue weighted by Crippen LogP contribution is 2.32. The molecule has 0 aliphatic heterocycles. The van der Waals surface area contributed by atoms with Crippen LogP contribution < -0.4 is 14.2 Å². The highest BCUT2D eigenvalue weighted by atomic mass is 32.2. The summed E-state index contributed by atoms with van der Waals surface area (Å²) >= 11 is 0. The van der Waals surface area contributed by atoms with E-state index in [1.165, 1.54) is 30.3 Å². The van der Waals surface area contributed by atoms with Gasteiger partial charge < -0.3 is 14.2 Å². The van der Waals surface area contributed by atoms with Gasteiger partial charge in [0.25, 0.3) is 5.91 Å². The van der Waals surface area contributed by atoms with Gasteiger partial charge in [0.05, 0.1) is 6.61 Å². The Balaban J connectivity index is 1.87. The second-order valence-electron chi connectivity index (χ2n) is 7.48. The lowest BCUT2D eigenvalue weighted by molar-refractivity contribution is -0.112. The third kappa shape index (κ3) is 6.24. The molecule has 0 fully saturated rings. The Kier molecular flexibility index (Phi) is 7.71. The minimum Gasteiger partial charge on any atom is -0.490 e. The molecule has 0 saturated heterocycles. The summed E-state index contributed by atoms with van der Waals surface area (Å²) in [7, 11) is -4.07. The smallest absolute Gasteiger partial charge is 0.339 e. The fourth-order valence-corrected chi connectivity index (χ4v) is 4.00. The maximum atomic E-state index is 12.7. The Hall–Kier alpha value is -4.09. The molecule has 0 atom stereocenters. The fraction of sp³-hybridized carbons (Fsp3) is 0.154. The number of amides is 1. The summed E-state index contributed by atoms with van der Waals surface area (Å²) in [6.45, 7) is 5.76. The van der Waals surface area contributed by atoms with Gasteiger partial charge in [-0.15, -0.1) is 0 Å². The summed E-state index contributed by atoms with van der Waals surface area (Å²) in [6.07, 6.45) is 1.39. The van der Waals surface area contributed by atoms with E-state index in [1.54, 1.807) is 43.3 Å². The predicted molar refractivity (Wildman–Crippen MR) is 130 cm³/mol. The topological polar surface area (TPSA) is 105 Å². The molecule has 3 aromatic carbocycles. The molecule has 1 amide bonds. The summed E-state index contributed by atoms with van der Waals surface area (Å²) in [6, 6.07) is 19.9. The van der Waals surface area contributed by atoms with Crippen LogP contribution in [0.5, 0.6) is 11.5 Å². The highest BCUT2D eigenvalue weighted by Gasteiger charge is 2.20. The zero-order chi connectivity index (χ0) is 24.7. The van der Waals surface area contributed by atoms with Crippen LogP contribution in [-0.2, 0) is 14.9 Å². The Morgan fingerprint density at radius 2 is 1.74 bits per heavy atom. The summed E-state index contributed by atoms with van der Waals surface area (Å²) in [5, 5.41) is 12.2. The number of nitriles is 1. The first-order valence-electron chi connectivity index (χ1n) is 10.5. The van der Waals surface area contributed by atoms with E-state index in [4.69, 9.17) is 8.92 Å². The van der Waals surface area contributed by atoms with Crippen LogP contribution in [0.2, 0.25) is 0 Å². The van der Waals surface area contributed by atoms with Crippen LogP contribution in [0.4, 0.5) is 5.69 Å². The van der Waals surface area contributed by atoms with Crippen molar-refractivity contribution in [2.24, 2.45) is 0 Å². The van der Waals surface area contributed by atoms with Gasteiger partial charge in [0, 0.05) is 5.69 Å². The van der Waals surface area contributed by atoms with Crippen LogP contribution in [0, 0.1) is 25.2 Å². The number of aryl methyl sites for hydroxylation is 2. The fourth-order valence-electron chi connectivity index (χ4n) is 3.06. The monoisotopic (exact) mass is 476 g/mol. The van der Waals surface area contributed by atoms with Crippen molar-refractivity contribution in [3.8, 4) is 17.6 Å². The number of hydrogen-bond acceptors (Lipinski definition) is 6. The molecule has 8 heteroatoms. The Morgan fingerprint density at radius 3 is 2.38 bits per heavy atom. The van der Waals surface area contributed by atoms with Crippen molar-refractivity contribution in [1.29, 1.82) is 5.26 Å². The Labute approximate surface area is 199 Å². The predicted octanol–water partition coefficient (Wildman–Crippen LogP) is 5.02. The van der Waals surface area contributed by atoms with Gasteiger partial charge in [-0.3, -0.25) is 4.79 Å².